The van der Waals surface area contributed by atoms with Gasteiger partial charge in [0.15, 0.2) is 0 Å². The molecule has 1 amide bonds. The molecular weight excluding hydrogens is 243 g/mol. The molecule has 4 heteroatoms. The van der Waals surface area contributed by atoms with E-state index in [1.165, 1.54) is 6.07 Å². The molecule has 0 radical (unpaired) electrons. The number of amides is 1. The van der Waals surface area contributed by atoms with E-state index in [-0.39, 0.29) is 17.8 Å². The molecule has 3 rings (SSSR count). The predicted molar refractivity (Wildman–Crippen MR) is 69.2 cm³/mol. The maximum Gasteiger partial charge on any atom is 0.251 e. The highest BCUT2D eigenvalue weighted by Crippen LogP contribution is 2.32. The summed E-state index contributed by atoms with van der Waals surface area (Å²) in [7, 11) is 0. The van der Waals surface area contributed by atoms with Crippen LogP contribution in [-0.2, 0) is 6.42 Å². The molecule has 3 nitrogen and oxygen atoms in total. The van der Waals surface area contributed by atoms with E-state index in [4.69, 9.17) is 0 Å². The second kappa shape index (κ2) is 4.80. The van der Waals surface area contributed by atoms with Gasteiger partial charge in [-0.15, -0.1) is 0 Å². The predicted octanol–water partition coefficient (Wildman–Crippen LogP) is 2.64. The number of halogens is 1. The van der Waals surface area contributed by atoms with Gasteiger partial charge in [0.25, 0.3) is 5.91 Å². The van der Waals surface area contributed by atoms with Gasteiger partial charge in [0.05, 0.1) is 6.04 Å². The summed E-state index contributed by atoms with van der Waals surface area (Å²) in [5.74, 6) is -0.331. The van der Waals surface area contributed by atoms with Gasteiger partial charge >= 0.3 is 0 Å². The fourth-order valence-electron chi connectivity index (χ4n) is 2.50. The molecule has 1 heterocycles. The van der Waals surface area contributed by atoms with E-state index in [0.717, 1.165) is 17.5 Å². The zero-order valence-corrected chi connectivity index (χ0v) is 10.3. The first-order valence-electron chi connectivity index (χ1n) is 6.24. The van der Waals surface area contributed by atoms with Crippen molar-refractivity contribution in [2.45, 2.75) is 18.9 Å². The highest BCUT2D eigenvalue weighted by Gasteiger charge is 2.26. The second-order valence-corrected chi connectivity index (χ2v) is 4.61. The Kier molecular flexibility index (Phi) is 2.99. The molecule has 19 heavy (non-hydrogen) atoms. The van der Waals surface area contributed by atoms with Crippen LogP contribution in [0.4, 0.5) is 4.39 Å². The van der Waals surface area contributed by atoms with Gasteiger partial charge in [-0.2, -0.15) is 0 Å². The first kappa shape index (κ1) is 11.8. The van der Waals surface area contributed by atoms with Crippen LogP contribution in [-0.4, -0.2) is 10.9 Å². The van der Waals surface area contributed by atoms with Crippen molar-refractivity contribution in [2.75, 3.05) is 0 Å². The fraction of sp³-hybridized carbons (Fsp3) is 0.200. The lowest BCUT2D eigenvalue weighted by Crippen LogP contribution is -2.27. The molecule has 0 bridgehead atoms. The van der Waals surface area contributed by atoms with E-state index >= 15 is 0 Å². The highest BCUT2D eigenvalue weighted by molar-refractivity contribution is 5.94. The summed E-state index contributed by atoms with van der Waals surface area (Å²) in [6.45, 7) is 0. The van der Waals surface area contributed by atoms with Crippen molar-refractivity contribution >= 4 is 5.91 Å². The summed E-state index contributed by atoms with van der Waals surface area (Å²) >= 11 is 0. The number of rotatable bonds is 2. The molecule has 1 atom stereocenters. The summed E-state index contributed by atoms with van der Waals surface area (Å²) in [4.78, 5) is 15.9. The van der Waals surface area contributed by atoms with Crippen LogP contribution < -0.4 is 5.32 Å². The monoisotopic (exact) mass is 256 g/mol. The molecule has 0 fully saturated rings. The Morgan fingerprint density at radius 2 is 2.05 bits per heavy atom. The average molecular weight is 256 g/mol. The minimum Gasteiger partial charge on any atom is -0.345 e. The second-order valence-electron chi connectivity index (χ2n) is 4.61. The molecule has 1 aromatic heterocycles. The SMILES string of the molecule is O=C(NC1CCc2c(F)cccc21)c1ccncc1. The first-order chi connectivity index (χ1) is 9.25. The molecule has 1 N–H and O–H groups in total. The maximum atomic E-state index is 13.6. The third kappa shape index (κ3) is 2.21. The normalized spacial score (nSPS) is 17.0. The van der Waals surface area contributed by atoms with Crippen LogP contribution in [0.25, 0.3) is 0 Å². The van der Waals surface area contributed by atoms with Crippen molar-refractivity contribution in [3.63, 3.8) is 0 Å². The molecule has 2 aromatic rings. The van der Waals surface area contributed by atoms with Crippen LogP contribution >= 0.6 is 0 Å². The quantitative estimate of drug-likeness (QED) is 0.897. The van der Waals surface area contributed by atoms with Gasteiger partial charge in [0.2, 0.25) is 0 Å². The van der Waals surface area contributed by atoms with Gasteiger partial charge in [0.1, 0.15) is 5.82 Å². The van der Waals surface area contributed by atoms with E-state index in [1.807, 2.05) is 6.07 Å². The molecule has 96 valence electrons. The number of carbonyl (C=O) groups excluding carboxylic acids is 1. The fourth-order valence-corrected chi connectivity index (χ4v) is 2.50. The first-order valence-corrected chi connectivity index (χ1v) is 6.24. The lowest BCUT2D eigenvalue weighted by molar-refractivity contribution is 0.0936. The molecule has 0 saturated carbocycles. The number of nitrogens with one attached hydrogen (secondary N) is 1. The molecule has 1 unspecified atom stereocenters. The Bertz CT molecular complexity index is 613. The van der Waals surface area contributed by atoms with Crippen molar-refractivity contribution in [3.05, 3.63) is 65.2 Å². The molecule has 0 saturated heterocycles. The topological polar surface area (TPSA) is 42.0 Å². The third-order valence-electron chi connectivity index (χ3n) is 3.46. The van der Waals surface area contributed by atoms with E-state index in [2.05, 4.69) is 10.3 Å². The number of carbonyl (C=O) groups is 1. The molecule has 1 aliphatic rings. The lowest BCUT2D eigenvalue weighted by atomic mass is 10.1. The number of aromatic nitrogens is 1. The van der Waals surface area contributed by atoms with Gasteiger partial charge in [-0.25, -0.2) is 4.39 Å². The Balaban J connectivity index is 1.80. The Labute approximate surface area is 110 Å². The third-order valence-corrected chi connectivity index (χ3v) is 3.46. The van der Waals surface area contributed by atoms with Crippen molar-refractivity contribution in [1.82, 2.24) is 10.3 Å². The van der Waals surface area contributed by atoms with E-state index in [0.29, 0.717) is 12.0 Å². The average Bonchev–Trinajstić information content (AvgIpc) is 2.84. The Morgan fingerprint density at radius 1 is 1.26 bits per heavy atom. The van der Waals surface area contributed by atoms with Gasteiger partial charge in [0, 0.05) is 18.0 Å². The van der Waals surface area contributed by atoms with Crippen LogP contribution in [0.3, 0.4) is 0 Å². The van der Waals surface area contributed by atoms with E-state index in [1.54, 1.807) is 30.6 Å². The number of nitrogens with zero attached hydrogens (tertiary/aromatic N) is 1. The molecule has 1 aliphatic carbocycles. The smallest absolute Gasteiger partial charge is 0.251 e. The number of fused-ring (bicyclic) bond motifs is 1. The van der Waals surface area contributed by atoms with Gasteiger partial charge in [-0.05, 0) is 42.2 Å². The van der Waals surface area contributed by atoms with Crippen LogP contribution in [0, 0.1) is 5.82 Å². The van der Waals surface area contributed by atoms with Gasteiger partial charge in [-0.3, -0.25) is 9.78 Å². The van der Waals surface area contributed by atoms with Crippen LogP contribution in [0.5, 0.6) is 0 Å². The highest BCUT2D eigenvalue weighted by atomic mass is 19.1. The summed E-state index contributed by atoms with van der Waals surface area (Å²) in [5, 5.41) is 2.95. The van der Waals surface area contributed by atoms with Crippen LogP contribution in [0.15, 0.2) is 42.7 Å². The van der Waals surface area contributed by atoms with Crippen molar-refractivity contribution in [2.24, 2.45) is 0 Å². The Hall–Kier alpha value is -2.23. The zero-order valence-electron chi connectivity index (χ0n) is 10.3. The lowest BCUT2D eigenvalue weighted by Gasteiger charge is -2.14. The molecule has 0 spiro atoms. The van der Waals surface area contributed by atoms with Crippen LogP contribution in [0.1, 0.15) is 33.9 Å². The zero-order chi connectivity index (χ0) is 13.2. The maximum absolute atomic E-state index is 13.6. The molecule has 0 aliphatic heterocycles. The van der Waals surface area contributed by atoms with Crippen molar-refractivity contribution in [3.8, 4) is 0 Å². The number of hydrogen-bond acceptors (Lipinski definition) is 2. The largest absolute Gasteiger partial charge is 0.345 e. The number of hydrogen-bond donors (Lipinski definition) is 1. The Morgan fingerprint density at radius 3 is 2.84 bits per heavy atom. The summed E-state index contributed by atoms with van der Waals surface area (Å²) < 4.78 is 13.6. The standard InChI is InChI=1S/C15H13FN2O/c16-13-3-1-2-12-11(13)4-5-14(12)18-15(19)10-6-8-17-9-7-10/h1-3,6-9,14H,4-5H2,(H,18,19). The minimum atomic E-state index is -0.182. The van der Waals surface area contributed by atoms with Gasteiger partial charge < -0.3 is 5.32 Å². The summed E-state index contributed by atoms with van der Waals surface area (Å²) in [5.41, 5.74) is 2.18. The molecular formula is C15H13FN2O. The van der Waals surface area contributed by atoms with E-state index < -0.39 is 0 Å². The summed E-state index contributed by atoms with van der Waals surface area (Å²) in [6.07, 6.45) is 4.57. The van der Waals surface area contributed by atoms with Crippen molar-refractivity contribution in [1.29, 1.82) is 0 Å². The van der Waals surface area contributed by atoms with E-state index in [9.17, 15) is 9.18 Å². The number of benzene rings is 1. The minimum absolute atomic E-state index is 0.105. The molecule has 1 aromatic carbocycles. The van der Waals surface area contributed by atoms with Crippen molar-refractivity contribution < 1.29 is 9.18 Å². The number of pyridine rings is 1. The van der Waals surface area contributed by atoms with Gasteiger partial charge in [-0.1, -0.05) is 12.1 Å². The van der Waals surface area contributed by atoms with Crippen LogP contribution in [0.2, 0.25) is 0 Å². The summed E-state index contributed by atoms with van der Waals surface area (Å²) in [6, 6.07) is 8.25.